The molecule has 1 aliphatic rings. The number of para-hydroxylation sites is 3. The van der Waals surface area contributed by atoms with Gasteiger partial charge in [-0.2, -0.15) is 15.8 Å². The van der Waals surface area contributed by atoms with E-state index in [2.05, 4.69) is 107 Å². The molecule has 0 radical (unpaired) electrons. The highest BCUT2D eigenvalue weighted by Crippen LogP contribution is 2.43. The van der Waals surface area contributed by atoms with Crippen molar-refractivity contribution in [2.24, 2.45) is 0 Å². The van der Waals surface area contributed by atoms with E-state index in [0.717, 1.165) is 79.5 Å². The summed E-state index contributed by atoms with van der Waals surface area (Å²) in [5.74, 6) is 0. The van der Waals surface area contributed by atoms with Crippen LogP contribution in [0.2, 0.25) is 0 Å². The van der Waals surface area contributed by atoms with Gasteiger partial charge in [-0.05, 0) is 91.9 Å². The highest BCUT2D eigenvalue weighted by atomic mass is 15.0. The molecule has 0 aliphatic heterocycles. The molecule has 0 saturated carbocycles. The zero-order valence-electron chi connectivity index (χ0n) is 27.8. The molecule has 0 atom stereocenters. The minimum atomic E-state index is 0.545. The molecule has 5 nitrogen and oxygen atoms in total. The lowest BCUT2D eigenvalue weighted by Crippen LogP contribution is -2.06. The predicted octanol–water partition coefficient (Wildman–Crippen LogP) is 10.9. The lowest BCUT2D eigenvalue weighted by molar-refractivity contribution is 1.04. The Morgan fingerprint density at radius 3 is 2.00 bits per heavy atom. The van der Waals surface area contributed by atoms with E-state index in [1.54, 1.807) is 0 Å². The predicted molar refractivity (Wildman–Crippen MR) is 203 cm³/mol. The van der Waals surface area contributed by atoms with Crippen molar-refractivity contribution < 1.29 is 0 Å². The molecular weight excluding hydrogens is 611 g/mol. The SMILES string of the molecule is C/C=C\c1c(C)n(-c2ccc(C3=CCCC=C3c3cccc(C#N)c3-n3c4ccccc4c4cc(C#N)ccc43)c(C#N)c2)c2ccccc12. The maximum atomic E-state index is 10.6. The Balaban J connectivity index is 1.32. The van der Waals surface area contributed by atoms with Gasteiger partial charge < -0.3 is 9.13 Å². The van der Waals surface area contributed by atoms with E-state index in [-0.39, 0.29) is 0 Å². The average molecular weight is 642 g/mol. The molecule has 2 heterocycles. The Labute approximate surface area is 290 Å². The number of nitriles is 3. The normalized spacial score (nSPS) is 12.9. The fraction of sp³-hybridized carbons (Fsp3) is 0.0889. The summed E-state index contributed by atoms with van der Waals surface area (Å²) in [5.41, 5.74) is 12.4. The summed E-state index contributed by atoms with van der Waals surface area (Å²) in [4.78, 5) is 0. The van der Waals surface area contributed by atoms with Gasteiger partial charge in [0.2, 0.25) is 0 Å². The molecular formula is C45H31N5. The lowest BCUT2D eigenvalue weighted by atomic mass is 9.84. The highest BCUT2D eigenvalue weighted by Gasteiger charge is 2.24. The van der Waals surface area contributed by atoms with Crippen molar-refractivity contribution >= 4 is 49.9 Å². The molecule has 8 rings (SSSR count). The molecule has 2 aromatic heterocycles. The van der Waals surface area contributed by atoms with Crippen molar-refractivity contribution in [3.05, 3.63) is 160 Å². The Morgan fingerprint density at radius 1 is 0.600 bits per heavy atom. The van der Waals surface area contributed by atoms with E-state index in [0.29, 0.717) is 16.7 Å². The number of fused-ring (bicyclic) bond motifs is 4. The molecule has 1 aliphatic carbocycles. The minimum absolute atomic E-state index is 0.545. The number of rotatable bonds is 5. The molecule has 50 heavy (non-hydrogen) atoms. The van der Waals surface area contributed by atoms with Crippen molar-refractivity contribution in [1.82, 2.24) is 9.13 Å². The van der Waals surface area contributed by atoms with E-state index in [9.17, 15) is 15.8 Å². The van der Waals surface area contributed by atoms with Crippen molar-refractivity contribution in [1.29, 1.82) is 15.8 Å². The molecule has 5 aromatic carbocycles. The third kappa shape index (κ3) is 4.67. The van der Waals surface area contributed by atoms with Crippen LogP contribution in [0.15, 0.2) is 121 Å². The molecule has 0 amide bonds. The third-order valence-corrected chi connectivity index (χ3v) is 9.79. The number of hydrogen-bond acceptors (Lipinski definition) is 3. The zero-order chi connectivity index (χ0) is 34.4. The maximum Gasteiger partial charge on any atom is 0.101 e. The first kappa shape index (κ1) is 30.5. The molecule has 5 heteroatoms. The zero-order valence-corrected chi connectivity index (χ0v) is 27.8. The Kier molecular flexibility index (Phi) is 7.49. The van der Waals surface area contributed by atoms with Crippen LogP contribution in [0.1, 0.15) is 58.8 Å². The van der Waals surface area contributed by atoms with Gasteiger partial charge in [0, 0.05) is 38.7 Å². The van der Waals surface area contributed by atoms with Gasteiger partial charge in [0.15, 0.2) is 0 Å². The smallest absolute Gasteiger partial charge is 0.101 e. The molecule has 0 spiro atoms. The van der Waals surface area contributed by atoms with Crippen LogP contribution >= 0.6 is 0 Å². The molecule has 0 bridgehead atoms. The van der Waals surface area contributed by atoms with Crippen LogP contribution in [0.4, 0.5) is 0 Å². The maximum absolute atomic E-state index is 10.6. The van der Waals surface area contributed by atoms with Crippen molar-refractivity contribution in [2.75, 3.05) is 0 Å². The Hall–Kier alpha value is -6.87. The summed E-state index contributed by atoms with van der Waals surface area (Å²) in [6.07, 6.45) is 10.3. The minimum Gasteiger partial charge on any atom is -0.313 e. The van der Waals surface area contributed by atoms with E-state index in [4.69, 9.17) is 0 Å². The second-order valence-electron chi connectivity index (χ2n) is 12.5. The summed E-state index contributed by atoms with van der Waals surface area (Å²) in [6.45, 7) is 4.15. The van der Waals surface area contributed by atoms with Crippen molar-refractivity contribution in [3.63, 3.8) is 0 Å². The summed E-state index contributed by atoms with van der Waals surface area (Å²) in [6, 6.07) is 41.5. The van der Waals surface area contributed by atoms with Crippen LogP contribution < -0.4 is 0 Å². The molecule has 0 N–H and O–H groups in total. The van der Waals surface area contributed by atoms with Crippen LogP contribution in [0.5, 0.6) is 0 Å². The standard InChI is InChI=1S/C45H31N5/c1-3-11-34-29(2)49(42-18-8-6-15-38(34)42)33-21-22-35(32(25-33)28-48)36-13-4-5-14-37(36)40-17-10-12-31(27-47)45(40)50-43-19-9-7-16-39(43)41-24-30(26-46)20-23-44(41)50/h3,6-25H,4-5H2,1-2H3/b11-3-. The third-order valence-electron chi connectivity index (χ3n) is 9.79. The summed E-state index contributed by atoms with van der Waals surface area (Å²) in [5, 5.41) is 34.0. The van der Waals surface area contributed by atoms with E-state index in [1.807, 2.05) is 61.5 Å². The van der Waals surface area contributed by atoms with Crippen molar-refractivity contribution in [3.8, 4) is 29.6 Å². The summed E-state index contributed by atoms with van der Waals surface area (Å²) < 4.78 is 4.39. The molecule has 0 saturated heterocycles. The van der Waals surface area contributed by atoms with Gasteiger partial charge in [-0.1, -0.05) is 78.9 Å². The van der Waals surface area contributed by atoms with Gasteiger partial charge in [0.1, 0.15) is 6.07 Å². The molecule has 0 unspecified atom stereocenters. The summed E-state index contributed by atoms with van der Waals surface area (Å²) in [7, 11) is 0. The fourth-order valence-corrected chi connectivity index (χ4v) is 7.66. The largest absolute Gasteiger partial charge is 0.313 e. The van der Waals surface area contributed by atoms with Crippen molar-refractivity contribution in [2.45, 2.75) is 26.7 Å². The molecule has 236 valence electrons. The van der Waals surface area contributed by atoms with Gasteiger partial charge in [-0.15, -0.1) is 0 Å². The highest BCUT2D eigenvalue weighted by molar-refractivity contribution is 6.12. The van der Waals surface area contributed by atoms with Gasteiger partial charge in [-0.3, -0.25) is 0 Å². The first-order chi connectivity index (χ1) is 24.6. The van der Waals surface area contributed by atoms with Crippen LogP contribution in [0.3, 0.4) is 0 Å². The number of nitrogens with zero attached hydrogens (tertiary/aromatic N) is 5. The van der Waals surface area contributed by atoms with Crippen LogP contribution in [-0.2, 0) is 0 Å². The number of hydrogen-bond donors (Lipinski definition) is 0. The monoisotopic (exact) mass is 641 g/mol. The van der Waals surface area contributed by atoms with Crippen LogP contribution in [-0.4, -0.2) is 9.13 Å². The topological polar surface area (TPSA) is 81.2 Å². The number of aromatic nitrogens is 2. The molecule has 0 fully saturated rings. The average Bonchev–Trinajstić information content (AvgIpc) is 3.64. The van der Waals surface area contributed by atoms with E-state index >= 15 is 0 Å². The van der Waals surface area contributed by atoms with Crippen LogP contribution in [0.25, 0.3) is 61.3 Å². The lowest BCUT2D eigenvalue weighted by Gasteiger charge is -2.23. The number of allylic oxidation sites excluding steroid dienone is 5. The van der Waals surface area contributed by atoms with Crippen LogP contribution in [0, 0.1) is 40.9 Å². The second kappa shape index (κ2) is 12.3. The second-order valence-corrected chi connectivity index (χ2v) is 12.5. The molecule has 7 aromatic rings. The first-order valence-corrected chi connectivity index (χ1v) is 16.7. The van der Waals surface area contributed by atoms with Gasteiger partial charge in [0.25, 0.3) is 0 Å². The van der Waals surface area contributed by atoms with Gasteiger partial charge in [-0.25, -0.2) is 0 Å². The van der Waals surface area contributed by atoms with E-state index in [1.165, 1.54) is 10.9 Å². The quantitative estimate of drug-likeness (QED) is 0.187. The number of benzene rings is 5. The Morgan fingerprint density at radius 2 is 1.28 bits per heavy atom. The van der Waals surface area contributed by atoms with Gasteiger partial charge in [0.05, 0.1) is 51.1 Å². The summed E-state index contributed by atoms with van der Waals surface area (Å²) >= 11 is 0. The first-order valence-electron chi connectivity index (χ1n) is 16.7. The van der Waals surface area contributed by atoms with Gasteiger partial charge >= 0.3 is 0 Å². The fourth-order valence-electron chi connectivity index (χ4n) is 7.66. The van der Waals surface area contributed by atoms with E-state index < -0.39 is 0 Å². The Bertz CT molecular complexity index is 2760.